The van der Waals surface area contributed by atoms with Crippen molar-refractivity contribution in [2.45, 2.75) is 151 Å². The fourth-order valence-electron chi connectivity index (χ4n) is 14.8. The molecule has 0 radical (unpaired) electrons. The summed E-state index contributed by atoms with van der Waals surface area (Å²) in [5.41, 5.74) is 5.59. The summed E-state index contributed by atoms with van der Waals surface area (Å²) < 4.78 is 33.2. The van der Waals surface area contributed by atoms with Crippen molar-refractivity contribution in [3.05, 3.63) is 181 Å². The van der Waals surface area contributed by atoms with E-state index < -0.39 is 47.9 Å². The van der Waals surface area contributed by atoms with Crippen LogP contribution < -0.4 is 10.4 Å². The largest absolute Gasteiger partial charge is 0.482 e. The SMILES string of the molecule is COC[C@@H](CCO)c1c(CO)c2ccc3c(c2oc1=O)[C@H]1OC(=O)C[C@H]2C[C@H](c4cccc(C5(c6ccccc6)CCCCC5)c4)C=C[C@H]2c2ccc(cc2)CC/C(=C(\C)CO)C(=O)O[C@@H]1[C@@]1(CC=C[C@@H]2CCCC[C@H]21)O3. The second-order valence-corrected chi connectivity index (χ2v) is 22.9. The molecule has 0 saturated heterocycles. The Morgan fingerprint density at radius 1 is 0.805 bits per heavy atom. The quantitative estimate of drug-likeness (QED) is 0.0528. The predicted molar refractivity (Wildman–Crippen MR) is 295 cm³/mol. The summed E-state index contributed by atoms with van der Waals surface area (Å²) in [5, 5.41) is 32.3. The average molecular weight is 1040 g/mol. The van der Waals surface area contributed by atoms with E-state index in [1.54, 1.807) is 19.1 Å². The van der Waals surface area contributed by atoms with Crippen molar-refractivity contribution in [1.29, 1.82) is 0 Å². The lowest BCUT2D eigenvalue weighted by atomic mass is 9.62. The van der Waals surface area contributed by atoms with Gasteiger partial charge in [0.2, 0.25) is 0 Å². The zero-order valence-corrected chi connectivity index (χ0v) is 44.6. The number of aliphatic hydroxyl groups excluding tert-OH is 3. The average Bonchev–Trinajstić information content (AvgIpc) is 3.62. The zero-order chi connectivity index (χ0) is 53.3. The van der Waals surface area contributed by atoms with Gasteiger partial charge in [-0.05, 0) is 121 Å². The van der Waals surface area contributed by atoms with E-state index >= 15 is 9.59 Å². The van der Waals surface area contributed by atoms with Crippen LogP contribution in [0, 0.1) is 17.8 Å². The van der Waals surface area contributed by atoms with Crippen LogP contribution in [-0.2, 0) is 42.2 Å². The van der Waals surface area contributed by atoms with E-state index in [1.807, 2.05) is 0 Å². The van der Waals surface area contributed by atoms with E-state index in [2.05, 4.69) is 103 Å². The minimum absolute atomic E-state index is 0.0142. The van der Waals surface area contributed by atoms with Crippen molar-refractivity contribution in [1.82, 2.24) is 0 Å². The molecule has 4 heterocycles. The molecular weight excluding hydrogens is 969 g/mol. The lowest BCUT2D eigenvalue weighted by Crippen LogP contribution is -2.62. The maximum atomic E-state index is 15.6. The zero-order valence-electron chi connectivity index (χ0n) is 44.6. The van der Waals surface area contributed by atoms with Crippen LogP contribution in [0.2, 0.25) is 0 Å². The van der Waals surface area contributed by atoms with E-state index in [-0.39, 0.29) is 90.8 Å². The smallest absolute Gasteiger partial charge is 0.340 e. The molecule has 9 atom stereocenters. The Morgan fingerprint density at radius 3 is 2.36 bits per heavy atom. The number of methoxy groups -OCH3 is 1. The Bertz CT molecular complexity index is 3100. The molecule has 2 fully saturated rings. The van der Waals surface area contributed by atoms with Gasteiger partial charge in [0, 0.05) is 72.2 Å². The highest BCUT2D eigenvalue weighted by molar-refractivity contribution is 5.90. The maximum Gasteiger partial charge on any atom is 0.340 e. The number of carbonyl (C=O) groups excluding carboxylic acids is 2. The molecule has 11 heteroatoms. The van der Waals surface area contributed by atoms with Gasteiger partial charge in [-0.25, -0.2) is 9.59 Å². The van der Waals surface area contributed by atoms with Gasteiger partial charge in [-0.1, -0.05) is 135 Å². The Balaban J connectivity index is 1.05. The van der Waals surface area contributed by atoms with Gasteiger partial charge in [-0.2, -0.15) is 0 Å². The molecule has 4 aliphatic carbocycles. The molecule has 5 aromatic rings. The molecule has 0 amide bonds. The van der Waals surface area contributed by atoms with Crippen LogP contribution in [0.4, 0.5) is 0 Å². The van der Waals surface area contributed by atoms with Crippen molar-refractivity contribution in [3.63, 3.8) is 0 Å². The first kappa shape index (κ1) is 52.9. The third kappa shape index (κ3) is 9.95. The number of ether oxygens (including phenoxy) is 4. The van der Waals surface area contributed by atoms with Crippen LogP contribution in [0.5, 0.6) is 5.75 Å². The van der Waals surface area contributed by atoms with Crippen molar-refractivity contribution < 1.29 is 48.3 Å². The van der Waals surface area contributed by atoms with Gasteiger partial charge in [-0.3, -0.25) is 4.79 Å². The third-order valence-corrected chi connectivity index (χ3v) is 18.7. The minimum Gasteiger partial charge on any atom is -0.482 e. The van der Waals surface area contributed by atoms with Crippen LogP contribution in [-0.4, -0.2) is 65.9 Å². The second kappa shape index (κ2) is 22.7. The van der Waals surface area contributed by atoms with Crippen LogP contribution in [0.15, 0.2) is 136 Å². The predicted octanol–water partition coefficient (Wildman–Crippen LogP) is 11.8. The molecule has 404 valence electrons. The molecule has 7 aliphatic rings. The van der Waals surface area contributed by atoms with Gasteiger partial charge in [0.1, 0.15) is 11.3 Å². The number of carbonyl (C=O) groups is 2. The molecule has 0 unspecified atom stereocenters. The van der Waals surface area contributed by atoms with E-state index in [0.29, 0.717) is 47.1 Å². The first-order chi connectivity index (χ1) is 37.6. The van der Waals surface area contributed by atoms with E-state index in [9.17, 15) is 20.1 Å². The number of aryl methyl sites for hydroxylation is 1. The first-order valence-corrected chi connectivity index (χ1v) is 28.4. The van der Waals surface area contributed by atoms with Crippen LogP contribution in [0.3, 0.4) is 0 Å². The molecule has 77 heavy (non-hydrogen) atoms. The highest BCUT2D eigenvalue weighted by Gasteiger charge is 2.61. The molecule has 12 rings (SSSR count). The summed E-state index contributed by atoms with van der Waals surface area (Å²) >= 11 is 0. The highest BCUT2D eigenvalue weighted by Crippen LogP contribution is 2.57. The standard InChI is InChI=1S/C66H74O11/c1-41(38-68)51-26-22-42-20-23-43(24-21-42)52-27-25-46(45-14-11-18-50(36-45)65(31-9-4-10-32-65)49-16-5-3-6-17-49)35-48(52)37-57(70)74-61-59-56(77-66(62(61)76-63(51)71)33-12-15-44-13-7-8-19-55(44)66)29-28-53-54(39-69)58(64(72)75-60(53)59)47(30-34-67)40-73-2/h3,5-6,11-12,14-18,20-21,23-25,27-29,36,44,46-48,52,55,61-62,67-69H,4,7-10,13,19,22,26,30-35,37-40H2,1-2H3/b51-41-/t44-,46+,47+,48+,52-,55+,61+,62-,66-/m0/s1. The molecule has 2 saturated carbocycles. The topological polar surface area (TPSA) is 162 Å². The van der Waals surface area contributed by atoms with Crippen molar-refractivity contribution in [2.75, 3.05) is 26.9 Å². The monoisotopic (exact) mass is 1040 g/mol. The van der Waals surface area contributed by atoms with Gasteiger partial charge < -0.3 is 38.7 Å². The first-order valence-electron chi connectivity index (χ1n) is 28.4. The van der Waals surface area contributed by atoms with E-state index in [0.717, 1.165) is 49.7 Å². The summed E-state index contributed by atoms with van der Waals surface area (Å²) in [4.78, 5) is 45.3. The number of aliphatic hydroxyl groups is 3. The third-order valence-electron chi connectivity index (χ3n) is 18.7. The highest BCUT2D eigenvalue weighted by atomic mass is 16.6. The van der Waals surface area contributed by atoms with E-state index in [1.165, 1.54) is 43.1 Å². The van der Waals surface area contributed by atoms with Gasteiger partial charge in [0.15, 0.2) is 17.8 Å². The van der Waals surface area contributed by atoms with Crippen LogP contribution >= 0.6 is 0 Å². The van der Waals surface area contributed by atoms with Gasteiger partial charge in [0.25, 0.3) is 0 Å². The fourth-order valence-corrected chi connectivity index (χ4v) is 14.8. The Kier molecular flexibility index (Phi) is 15.6. The lowest BCUT2D eigenvalue weighted by Gasteiger charge is -2.54. The Labute approximate surface area is 452 Å². The van der Waals surface area contributed by atoms with Gasteiger partial charge >= 0.3 is 17.6 Å². The number of rotatable bonds is 10. The summed E-state index contributed by atoms with van der Waals surface area (Å²) in [6.07, 6.45) is 17.9. The van der Waals surface area contributed by atoms with Crippen molar-refractivity contribution in [2.24, 2.45) is 17.8 Å². The van der Waals surface area contributed by atoms with Crippen LogP contribution in [0.25, 0.3) is 11.0 Å². The molecule has 3 aliphatic heterocycles. The summed E-state index contributed by atoms with van der Waals surface area (Å²) in [6, 6.07) is 32.1. The summed E-state index contributed by atoms with van der Waals surface area (Å²) in [5.74, 6) is -1.73. The number of benzene rings is 4. The van der Waals surface area contributed by atoms with Crippen molar-refractivity contribution >= 4 is 22.9 Å². The Morgan fingerprint density at radius 2 is 1.60 bits per heavy atom. The molecule has 11 nitrogen and oxygen atoms in total. The number of esters is 2. The number of fused-ring (bicyclic) bond motifs is 13. The molecule has 4 aromatic carbocycles. The fraction of sp³-hybridized carbons (Fsp3) is 0.470. The Hall–Kier alpha value is -6.11. The minimum atomic E-state index is -1.32. The molecule has 1 spiro atoms. The van der Waals surface area contributed by atoms with Crippen molar-refractivity contribution in [3.8, 4) is 5.75 Å². The molecule has 1 aromatic heterocycles. The lowest BCUT2D eigenvalue weighted by molar-refractivity contribution is -0.208. The van der Waals surface area contributed by atoms with Gasteiger partial charge in [-0.15, -0.1) is 0 Å². The van der Waals surface area contributed by atoms with Gasteiger partial charge in [0.05, 0.1) is 25.4 Å². The molecule has 3 N–H and O–H groups in total. The summed E-state index contributed by atoms with van der Waals surface area (Å²) in [7, 11) is 1.51. The molecular formula is C66H74O11. The van der Waals surface area contributed by atoms with E-state index in [4.69, 9.17) is 23.4 Å². The number of hydrogen-bond acceptors (Lipinski definition) is 11. The normalized spacial score (nSPS) is 28.1. The number of allylic oxidation sites excluding steroid dienone is 3. The number of hydrogen-bond donors (Lipinski definition) is 3. The van der Waals surface area contributed by atoms with Crippen LogP contribution in [0.1, 0.15) is 165 Å². The second-order valence-electron chi connectivity index (χ2n) is 22.9. The maximum absolute atomic E-state index is 15.6. The molecule has 2 bridgehead atoms. The summed E-state index contributed by atoms with van der Waals surface area (Å²) in [6.45, 7) is 0.711.